The van der Waals surface area contributed by atoms with Crippen LogP contribution in [0.3, 0.4) is 0 Å². The smallest absolute Gasteiger partial charge is 0.263 e. The molecule has 1 aromatic rings. The van der Waals surface area contributed by atoms with E-state index in [0.29, 0.717) is 24.3 Å². The molecule has 2 aliphatic heterocycles. The Balaban J connectivity index is 1.39. The highest BCUT2D eigenvalue weighted by Crippen LogP contribution is 2.33. The first-order chi connectivity index (χ1) is 12.7. The van der Waals surface area contributed by atoms with Crippen LogP contribution in [0.4, 0.5) is 0 Å². The minimum atomic E-state index is 0.161. The predicted molar refractivity (Wildman–Crippen MR) is 104 cm³/mol. The molecule has 26 heavy (non-hydrogen) atoms. The number of piperidine rings is 2. The maximum absolute atomic E-state index is 12.9. The number of rotatable bonds is 3. The number of amides is 2. The van der Waals surface area contributed by atoms with Crippen molar-refractivity contribution in [2.45, 2.75) is 57.4 Å². The lowest BCUT2D eigenvalue weighted by Gasteiger charge is -2.47. The molecule has 3 aliphatic rings. The second kappa shape index (κ2) is 7.95. The van der Waals surface area contributed by atoms with Crippen molar-refractivity contribution in [1.29, 1.82) is 0 Å². The van der Waals surface area contributed by atoms with Crippen molar-refractivity contribution < 1.29 is 9.59 Å². The first-order valence-corrected chi connectivity index (χ1v) is 10.9. The fourth-order valence-electron chi connectivity index (χ4n) is 4.81. The molecule has 4 nitrogen and oxygen atoms in total. The van der Waals surface area contributed by atoms with Crippen molar-refractivity contribution in [3.05, 3.63) is 34.0 Å². The summed E-state index contributed by atoms with van der Waals surface area (Å²) in [6.07, 6.45) is 10.7. The summed E-state index contributed by atoms with van der Waals surface area (Å²) >= 11 is 1.52. The van der Waals surface area contributed by atoms with Crippen LogP contribution in [0.15, 0.2) is 29.2 Å². The van der Waals surface area contributed by atoms with Gasteiger partial charge in [-0.05, 0) is 62.3 Å². The minimum absolute atomic E-state index is 0.161. The lowest BCUT2D eigenvalue weighted by molar-refractivity contribution is -0.137. The summed E-state index contributed by atoms with van der Waals surface area (Å²) in [5, 5.41) is 1.96. The second-order valence-electron chi connectivity index (χ2n) is 7.86. The summed E-state index contributed by atoms with van der Waals surface area (Å²) in [5.74, 6) is 0.908. The van der Waals surface area contributed by atoms with E-state index in [-0.39, 0.29) is 5.91 Å². The van der Waals surface area contributed by atoms with Gasteiger partial charge in [0.05, 0.1) is 4.88 Å². The van der Waals surface area contributed by atoms with Gasteiger partial charge in [0.15, 0.2) is 0 Å². The molecular weight excluding hydrogens is 344 g/mol. The SMILES string of the molecule is O=C(c1cccs1)N1CC[C@H]2[C@H](CCCN2C(=O)CC2=CCCCC2)C1. The third-order valence-electron chi connectivity index (χ3n) is 6.17. The lowest BCUT2D eigenvalue weighted by Crippen LogP contribution is -2.56. The standard InChI is InChI=1S/C21H28N2O2S/c24-20(14-16-6-2-1-3-7-16)23-11-4-8-17-15-22(12-10-18(17)23)21(25)19-9-5-13-26-19/h5-6,9,13,17-18H,1-4,7-8,10-12,14-15H2/t17-,18+/m1/s1. The fourth-order valence-corrected chi connectivity index (χ4v) is 5.51. The highest BCUT2D eigenvalue weighted by molar-refractivity contribution is 7.12. The molecule has 0 spiro atoms. The van der Waals surface area contributed by atoms with Crippen LogP contribution >= 0.6 is 11.3 Å². The van der Waals surface area contributed by atoms with Gasteiger partial charge in [0.2, 0.25) is 5.91 Å². The van der Waals surface area contributed by atoms with Crippen molar-refractivity contribution in [3.8, 4) is 0 Å². The van der Waals surface area contributed by atoms with Gasteiger partial charge in [-0.25, -0.2) is 0 Å². The topological polar surface area (TPSA) is 40.6 Å². The monoisotopic (exact) mass is 372 g/mol. The largest absolute Gasteiger partial charge is 0.339 e. The fraction of sp³-hybridized carbons (Fsp3) is 0.619. The molecule has 0 aromatic carbocycles. The number of allylic oxidation sites excluding steroid dienone is 1. The summed E-state index contributed by atoms with van der Waals surface area (Å²) < 4.78 is 0. The Bertz CT molecular complexity index is 682. The zero-order chi connectivity index (χ0) is 17.9. The van der Waals surface area contributed by atoms with Gasteiger partial charge in [-0.3, -0.25) is 9.59 Å². The highest BCUT2D eigenvalue weighted by Gasteiger charge is 2.39. The van der Waals surface area contributed by atoms with Gasteiger partial charge in [-0.2, -0.15) is 0 Å². The van der Waals surface area contributed by atoms with E-state index in [4.69, 9.17) is 0 Å². The van der Waals surface area contributed by atoms with Crippen LogP contribution in [0.2, 0.25) is 0 Å². The molecule has 3 heterocycles. The van der Waals surface area contributed by atoms with E-state index in [0.717, 1.165) is 56.6 Å². The molecule has 2 fully saturated rings. The maximum Gasteiger partial charge on any atom is 0.263 e. The van der Waals surface area contributed by atoms with Crippen LogP contribution < -0.4 is 0 Å². The molecule has 0 N–H and O–H groups in total. The van der Waals surface area contributed by atoms with E-state index >= 15 is 0 Å². The summed E-state index contributed by atoms with van der Waals surface area (Å²) in [6.45, 7) is 2.46. The second-order valence-corrected chi connectivity index (χ2v) is 8.81. The van der Waals surface area contributed by atoms with Crippen molar-refractivity contribution in [2.24, 2.45) is 5.92 Å². The van der Waals surface area contributed by atoms with Gasteiger partial charge in [0.1, 0.15) is 0 Å². The summed E-state index contributed by atoms with van der Waals surface area (Å²) in [7, 11) is 0. The Kier molecular flexibility index (Phi) is 5.44. The van der Waals surface area contributed by atoms with Crippen LogP contribution in [0.5, 0.6) is 0 Å². The van der Waals surface area contributed by atoms with Crippen LogP contribution in [0, 0.1) is 5.92 Å². The van der Waals surface area contributed by atoms with E-state index in [1.54, 1.807) is 0 Å². The average Bonchev–Trinajstić information content (AvgIpc) is 3.22. The zero-order valence-electron chi connectivity index (χ0n) is 15.4. The average molecular weight is 373 g/mol. The molecule has 0 saturated carbocycles. The van der Waals surface area contributed by atoms with E-state index in [1.807, 2.05) is 22.4 Å². The molecule has 5 heteroatoms. The van der Waals surface area contributed by atoms with E-state index in [9.17, 15) is 9.59 Å². The van der Waals surface area contributed by atoms with Gasteiger partial charge in [0, 0.05) is 32.1 Å². The quantitative estimate of drug-likeness (QED) is 0.750. The normalized spacial score (nSPS) is 26.2. The van der Waals surface area contributed by atoms with Crippen molar-refractivity contribution in [2.75, 3.05) is 19.6 Å². The molecule has 1 aliphatic carbocycles. The maximum atomic E-state index is 12.9. The Hall–Kier alpha value is -1.62. The molecule has 4 rings (SSSR count). The minimum Gasteiger partial charge on any atom is -0.339 e. The summed E-state index contributed by atoms with van der Waals surface area (Å²) in [5.41, 5.74) is 1.34. The van der Waals surface area contributed by atoms with E-state index in [2.05, 4.69) is 11.0 Å². The van der Waals surface area contributed by atoms with Crippen molar-refractivity contribution in [3.63, 3.8) is 0 Å². The first kappa shape index (κ1) is 17.8. The van der Waals surface area contributed by atoms with Crippen LogP contribution in [-0.2, 0) is 4.79 Å². The van der Waals surface area contributed by atoms with E-state index in [1.165, 1.54) is 29.8 Å². The molecule has 2 saturated heterocycles. The number of thiophene rings is 1. The van der Waals surface area contributed by atoms with Crippen LogP contribution in [0.1, 0.15) is 61.0 Å². The number of hydrogen-bond donors (Lipinski definition) is 0. The van der Waals surface area contributed by atoms with Gasteiger partial charge >= 0.3 is 0 Å². The van der Waals surface area contributed by atoms with Gasteiger partial charge in [-0.1, -0.05) is 17.7 Å². The Labute approximate surface area is 159 Å². The Morgan fingerprint density at radius 1 is 1.15 bits per heavy atom. The van der Waals surface area contributed by atoms with Crippen LogP contribution in [-0.4, -0.2) is 47.3 Å². The molecule has 2 atom stereocenters. The van der Waals surface area contributed by atoms with Crippen LogP contribution in [0.25, 0.3) is 0 Å². The molecule has 0 unspecified atom stereocenters. The first-order valence-electron chi connectivity index (χ1n) is 10.0. The molecule has 0 bridgehead atoms. The Morgan fingerprint density at radius 3 is 2.85 bits per heavy atom. The predicted octanol–water partition coefficient (Wildman–Crippen LogP) is 4.09. The highest BCUT2D eigenvalue weighted by atomic mass is 32.1. The molecule has 2 amide bonds. The van der Waals surface area contributed by atoms with E-state index < -0.39 is 0 Å². The molecular formula is C21H28N2O2S. The number of fused-ring (bicyclic) bond motifs is 1. The number of carbonyl (C=O) groups excluding carboxylic acids is 2. The lowest BCUT2D eigenvalue weighted by atomic mass is 9.83. The van der Waals surface area contributed by atoms with Gasteiger partial charge in [0.25, 0.3) is 5.91 Å². The Morgan fingerprint density at radius 2 is 2.08 bits per heavy atom. The van der Waals surface area contributed by atoms with Gasteiger partial charge < -0.3 is 9.80 Å². The van der Waals surface area contributed by atoms with Gasteiger partial charge in [-0.15, -0.1) is 11.3 Å². The number of likely N-dealkylation sites (tertiary alicyclic amines) is 2. The molecule has 140 valence electrons. The van der Waals surface area contributed by atoms with Crippen molar-refractivity contribution in [1.82, 2.24) is 9.80 Å². The molecule has 1 aromatic heterocycles. The summed E-state index contributed by atoms with van der Waals surface area (Å²) in [4.78, 5) is 30.6. The number of carbonyl (C=O) groups is 2. The zero-order valence-corrected chi connectivity index (χ0v) is 16.2. The van der Waals surface area contributed by atoms with Crippen molar-refractivity contribution >= 4 is 23.2 Å². The molecule has 0 radical (unpaired) electrons. The third kappa shape index (κ3) is 3.73. The number of hydrogen-bond acceptors (Lipinski definition) is 3. The summed E-state index contributed by atoms with van der Waals surface area (Å²) in [6, 6.07) is 4.17. The number of nitrogens with zero attached hydrogens (tertiary/aromatic N) is 2. The third-order valence-corrected chi connectivity index (χ3v) is 7.03.